The molecule has 0 aliphatic rings. The Labute approximate surface area is 277 Å². The Morgan fingerprint density at radius 1 is 0.479 bits per heavy atom. The van der Waals surface area contributed by atoms with Crippen molar-refractivity contribution >= 4 is 49.3 Å². The topological polar surface area (TPSA) is 38.0 Å². The number of benzene rings is 7. The van der Waals surface area contributed by atoms with Crippen LogP contribution < -0.4 is 0 Å². The predicted octanol–water partition coefficient (Wildman–Crippen LogP) is 11.6. The molecule has 0 radical (unpaired) electrons. The van der Waals surface area contributed by atoms with E-state index < -0.39 is 0 Å². The van der Waals surface area contributed by atoms with E-state index in [1.54, 1.807) is 0 Å². The number of rotatable bonds is 4. The van der Waals surface area contributed by atoms with E-state index in [2.05, 4.69) is 135 Å². The number of aromatic nitrogens is 2. The highest BCUT2D eigenvalue weighted by Gasteiger charge is 2.20. The number of nitrogens with zero attached hydrogens (tertiary/aromatic N) is 4. The monoisotopic (exact) mass is 610 g/mol. The van der Waals surface area contributed by atoms with Gasteiger partial charge in [-0.15, -0.1) is 0 Å². The van der Waals surface area contributed by atoms with E-state index >= 15 is 0 Å². The standard InChI is InChI=1S/C44H26N4/c1-46-38-21-11-20-36-35-18-5-9-25-42(35)48(44(36)38)43-26-12-19-31(37(43)28-45)29-13-10-14-30(27-29)32-15-2-6-22-39(32)47-40-23-7-3-16-33(40)34-17-4-8-24-41(34)47/h2-27H. The molecule has 0 bridgehead atoms. The molecule has 9 aromatic rings. The molecule has 0 aliphatic carbocycles. The molecule has 0 unspecified atom stereocenters. The number of nitriles is 1. The molecule has 0 saturated heterocycles. The molecular formula is C44H26N4. The van der Waals surface area contributed by atoms with Crippen LogP contribution in [0.4, 0.5) is 5.69 Å². The number of hydrogen-bond donors (Lipinski definition) is 0. The normalized spacial score (nSPS) is 11.3. The maximum atomic E-state index is 10.8. The minimum Gasteiger partial charge on any atom is -0.318 e. The largest absolute Gasteiger partial charge is 0.318 e. The summed E-state index contributed by atoms with van der Waals surface area (Å²) < 4.78 is 4.44. The molecule has 2 heterocycles. The number of hydrogen-bond acceptors (Lipinski definition) is 1. The predicted molar refractivity (Wildman–Crippen MR) is 197 cm³/mol. The van der Waals surface area contributed by atoms with Crippen LogP contribution in [0.5, 0.6) is 0 Å². The minimum absolute atomic E-state index is 0.557. The van der Waals surface area contributed by atoms with Crippen LogP contribution in [0.15, 0.2) is 158 Å². The van der Waals surface area contributed by atoms with Gasteiger partial charge in [0.05, 0.1) is 45.6 Å². The van der Waals surface area contributed by atoms with Gasteiger partial charge in [0.1, 0.15) is 6.07 Å². The van der Waals surface area contributed by atoms with Crippen LogP contribution in [0.1, 0.15) is 5.56 Å². The summed E-state index contributed by atoms with van der Waals surface area (Å²) in [5.41, 5.74) is 11.0. The van der Waals surface area contributed by atoms with E-state index in [0.29, 0.717) is 11.3 Å². The third kappa shape index (κ3) is 4.01. The van der Waals surface area contributed by atoms with Crippen molar-refractivity contribution in [2.45, 2.75) is 0 Å². The lowest BCUT2D eigenvalue weighted by molar-refractivity contribution is 1.17. The van der Waals surface area contributed by atoms with E-state index in [0.717, 1.165) is 66.5 Å². The van der Waals surface area contributed by atoms with Gasteiger partial charge in [-0.1, -0.05) is 121 Å². The molecule has 0 atom stereocenters. The summed E-state index contributed by atoms with van der Waals surface area (Å²) >= 11 is 0. The molecule has 4 nitrogen and oxygen atoms in total. The first-order valence-electron chi connectivity index (χ1n) is 15.9. The van der Waals surface area contributed by atoms with Crippen LogP contribution >= 0.6 is 0 Å². The van der Waals surface area contributed by atoms with Crippen LogP contribution in [0.2, 0.25) is 0 Å². The Morgan fingerprint density at radius 3 is 1.67 bits per heavy atom. The molecule has 0 fully saturated rings. The highest BCUT2D eigenvalue weighted by atomic mass is 15.0. The van der Waals surface area contributed by atoms with Gasteiger partial charge in [0, 0.05) is 27.3 Å². The Kier molecular flexibility index (Phi) is 6.22. The zero-order chi connectivity index (χ0) is 32.2. The Bertz CT molecular complexity index is 2760. The van der Waals surface area contributed by atoms with Gasteiger partial charge in [-0.25, -0.2) is 4.85 Å². The summed E-state index contributed by atoms with van der Waals surface area (Å²) in [6, 6.07) is 56.6. The van der Waals surface area contributed by atoms with Crippen LogP contribution in [0, 0.1) is 17.9 Å². The fourth-order valence-electron chi connectivity index (χ4n) is 7.37. The van der Waals surface area contributed by atoms with Gasteiger partial charge in [-0.3, -0.25) is 0 Å². The van der Waals surface area contributed by atoms with Gasteiger partial charge in [-0.05, 0) is 52.9 Å². The fourth-order valence-corrected chi connectivity index (χ4v) is 7.37. The zero-order valence-corrected chi connectivity index (χ0v) is 25.8. The highest BCUT2D eigenvalue weighted by Crippen LogP contribution is 2.41. The third-order valence-corrected chi connectivity index (χ3v) is 9.40. The first-order chi connectivity index (χ1) is 23.8. The minimum atomic E-state index is 0.557. The molecule has 0 N–H and O–H groups in total. The zero-order valence-electron chi connectivity index (χ0n) is 25.8. The van der Waals surface area contributed by atoms with Crippen molar-refractivity contribution in [3.05, 3.63) is 175 Å². The van der Waals surface area contributed by atoms with Crippen molar-refractivity contribution in [2.75, 3.05) is 0 Å². The first-order valence-corrected chi connectivity index (χ1v) is 15.9. The van der Waals surface area contributed by atoms with Crippen molar-refractivity contribution in [3.8, 4) is 39.7 Å². The fraction of sp³-hybridized carbons (Fsp3) is 0. The molecule has 2 aromatic heterocycles. The molecule has 0 amide bonds. The molecule has 7 aromatic carbocycles. The summed E-state index contributed by atoms with van der Waals surface area (Å²) in [6.07, 6.45) is 0. The summed E-state index contributed by atoms with van der Waals surface area (Å²) in [5.74, 6) is 0. The quantitative estimate of drug-likeness (QED) is 0.183. The summed E-state index contributed by atoms with van der Waals surface area (Å²) in [6.45, 7) is 7.94. The maximum Gasteiger partial charge on any atom is 0.211 e. The lowest BCUT2D eigenvalue weighted by atomic mass is 9.94. The van der Waals surface area contributed by atoms with Gasteiger partial charge in [0.2, 0.25) is 5.69 Å². The first kappa shape index (κ1) is 27.4. The summed E-state index contributed by atoms with van der Waals surface area (Å²) in [7, 11) is 0. The van der Waals surface area contributed by atoms with Gasteiger partial charge >= 0.3 is 0 Å². The van der Waals surface area contributed by atoms with E-state index in [-0.39, 0.29) is 0 Å². The van der Waals surface area contributed by atoms with Crippen molar-refractivity contribution < 1.29 is 0 Å². The molecule has 222 valence electrons. The van der Waals surface area contributed by atoms with Crippen LogP contribution in [-0.2, 0) is 0 Å². The molecule has 9 rings (SSSR count). The maximum absolute atomic E-state index is 10.8. The second-order valence-corrected chi connectivity index (χ2v) is 11.9. The molecule has 0 saturated carbocycles. The van der Waals surface area contributed by atoms with Gasteiger partial charge in [0.15, 0.2) is 0 Å². The van der Waals surface area contributed by atoms with Gasteiger partial charge in [-0.2, -0.15) is 5.26 Å². The van der Waals surface area contributed by atoms with Crippen LogP contribution in [0.25, 0.3) is 82.1 Å². The van der Waals surface area contributed by atoms with Crippen molar-refractivity contribution in [1.82, 2.24) is 9.13 Å². The van der Waals surface area contributed by atoms with Crippen molar-refractivity contribution in [2.24, 2.45) is 0 Å². The second-order valence-electron chi connectivity index (χ2n) is 11.9. The summed E-state index contributed by atoms with van der Waals surface area (Å²) in [5, 5.41) is 15.3. The third-order valence-electron chi connectivity index (χ3n) is 9.40. The number of fused-ring (bicyclic) bond motifs is 6. The lowest BCUT2D eigenvalue weighted by Crippen LogP contribution is -2.00. The highest BCUT2D eigenvalue weighted by molar-refractivity contribution is 6.13. The molecule has 0 spiro atoms. The van der Waals surface area contributed by atoms with Crippen molar-refractivity contribution in [3.63, 3.8) is 0 Å². The molecule has 0 aliphatic heterocycles. The van der Waals surface area contributed by atoms with E-state index in [1.165, 1.54) is 10.8 Å². The van der Waals surface area contributed by atoms with E-state index in [4.69, 9.17) is 6.57 Å². The Morgan fingerprint density at radius 2 is 0.979 bits per heavy atom. The summed E-state index contributed by atoms with van der Waals surface area (Å²) in [4.78, 5) is 3.87. The van der Waals surface area contributed by atoms with E-state index in [1.807, 2.05) is 42.5 Å². The molecule has 4 heteroatoms. The Balaban J connectivity index is 1.25. The SMILES string of the molecule is [C-]#[N+]c1cccc2c3ccccc3n(-c3cccc(-c4cccc(-c5ccccc5-n5c6ccccc6c6ccccc65)c4)c3C#N)c12. The van der Waals surface area contributed by atoms with Crippen molar-refractivity contribution in [1.29, 1.82) is 5.26 Å². The van der Waals surface area contributed by atoms with Crippen LogP contribution in [-0.4, -0.2) is 9.13 Å². The van der Waals surface area contributed by atoms with Gasteiger partial charge < -0.3 is 9.13 Å². The van der Waals surface area contributed by atoms with E-state index in [9.17, 15) is 5.26 Å². The molecular weight excluding hydrogens is 585 g/mol. The Hall–Kier alpha value is -6.88. The second kappa shape index (κ2) is 10.9. The van der Waals surface area contributed by atoms with Crippen LogP contribution in [0.3, 0.4) is 0 Å². The number of para-hydroxylation sites is 5. The molecule has 48 heavy (non-hydrogen) atoms. The lowest BCUT2D eigenvalue weighted by Gasteiger charge is -2.16. The average molecular weight is 611 g/mol. The van der Waals surface area contributed by atoms with Gasteiger partial charge in [0.25, 0.3) is 0 Å². The smallest absolute Gasteiger partial charge is 0.211 e. The average Bonchev–Trinajstić information content (AvgIpc) is 3.67.